The van der Waals surface area contributed by atoms with Gasteiger partial charge in [0.2, 0.25) is 0 Å². The smallest absolute Gasteiger partial charge is 0.340 e. The van der Waals surface area contributed by atoms with Gasteiger partial charge in [-0.05, 0) is 93.1 Å². The molecular formula is C26H26O4. The van der Waals surface area contributed by atoms with Gasteiger partial charge < -0.3 is 14.9 Å². The van der Waals surface area contributed by atoms with Crippen molar-refractivity contribution in [2.24, 2.45) is 0 Å². The van der Waals surface area contributed by atoms with E-state index in [2.05, 4.69) is 0 Å². The lowest BCUT2D eigenvalue weighted by atomic mass is 9.74. The third-order valence-electron chi connectivity index (χ3n) is 6.64. The maximum absolute atomic E-state index is 13.0. The summed E-state index contributed by atoms with van der Waals surface area (Å²) in [7, 11) is 0. The third-order valence-corrected chi connectivity index (χ3v) is 6.64. The maximum atomic E-state index is 13.0. The molecule has 2 N–H and O–H groups in total. The molecule has 3 aromatic rings. The van der Waals surface area contributed by atoms with Crippen molar-refractivity contribution < 1.29 is 19.7 Å². The van der Waals surface area contributed by atoms with E-state index < -0.39 is 5.60 Å². The molecule has 1 aliphatic heterocycles. The number of phenolic OH excluding ortho intramolecular Hbond substituents is 2. The van der Waals surface area contributed by atoms with E-state index in [9.17, 15) is 15.0 Å². The molecule has 0 aromatic heterocycles. The topological polar surface area (TPSA) is 66.8 Å². The Hall–Kier alpha value is -3.27. The number of fused-ring (bicyclic) bond motifs is 1. The average Bonchev–Trinajstić information content (AvgIpc) is 3.03. The minimum atomic E-state index is -1.16. The van der Waals surface area contributed by atoms with E-state index in [-0.39, 0.29) is 17.5 Å². The van der Waals surface area contributed by atoms with Crippen molar-refractivity contribution in [3.63, 3.8) is 0 Å². The summed E-state index contributed by atoms with van der Waals surface area (Å²) in [6.45, 7) is 11.3. The van der Waals surface area contributed by atoms with Gasteiger partial charge in [-0.1, -0.05) is 18.2 Å². The van der Waals surface area contributed by atoms with Crippen LogP contribution in [0.2, 0.25) is 0 Å². The zero-order chi connectivity index (χ0) is 22.0. The number of carbonyl (C=O) groups excluding carboxylic acids is 1. The van der Waals surface area contributed by atoms with Gasteiger partial charge in [0.1, 0.15) is 11.5 Å². The molecule has 1 aliphatic rings. The zero-order valence-corrected chi connectivity index (χ0v) is 18.2. The second-order valence-corrected chi connectivity index (χ2v) is 8.30. The van der Waals surface area contributed by atoms with Crippen LogP contribution in [0.15, 0.2) is 36.4 Å². The fraction of sp³-hybridized carbons (Fsp3) is 0.269. The van der Waals surface area contributed by atoms with Crippen LogP contribution >= 0.6 is 0 Å². The molecule has 0 amide bonds. The Morgan fingerprint density at radius 2 is 1.17 bits per heavy atom. The van der Waals surface area contributed by atoms with Gasteiger partial charge in [-0.25, -0.2) is 4.79 Å². The molecule has 30 heavy (non-hydrogen) atoms. The number of aromatic hydroxyl groups is 2. The summed E-state index contributed by atoms with van der Waals surface area (Å²) in [6, 6.07) is 11.3. The number of cyclic esters (lactones) is 1. The van der Waals surface area contributed by atoms with Crippen LogP contribution in [0.3, 0.4) is 0 Å². The monoisotopic (exact) mass is 402 g/mol. The molecule has 0 fully saturated rings. The number of phenols is 2. The van der Waals surface area contributed by atoms with Crippen LogP contribution in [0.1, 0.15) is 60.4 Å². The number of hydrogen-bond donors (Lipinski definition) is 2. The van der Waals surface area contributed by atoms with Crippen LogP contribution in [0.25, 0.3) is 0 Å². The van der Waals surface area contributed by atoms with E-state index in [1.807, 2.05) is 71.9 Å². The van der Waals surface area contributed by atoms with Gasteiger partial charge in [-0.15, -0.1) is 0 Å². The Labute approximate surface area is 176 Å². The SMILES string of the molecule is Cc1cc(C2(c3cc(C)c(O)c(C)c3C)OC(=O)c3ccccc32)c(C)c(C)c1O. The number of ether oxygens (including phenoxy) is 1. The van der Waals surface area contributed by atoms with Crippen molar-refractivity contribution in [2.75, 3.05) is 0 Å². The van der Waals surface area contributed by atoms with Gasteiger partial charge in [-0.2, -0.15) is 0 Å². The van der Waals surface area contributed by atoms with Crippen LogP contribution in [-0.4, -0.2) is 16.2 Å². The summed E-state index contributed by atoms with van der Waals surface area (Å²) < 4.78 is 6.25. The second-order valence-electron chi connectivity index (χ2n) is 8.30. The lowest BCUT2D eigenvalue weighted by molar-refractivity contribution is 0.0247. The van der Waals surface area contributed by atoms with Crippen LogP contribution in [-0.2, 0) is 10.3 Å². The molecule has 0 atom stereocenters. The quantitative estimate of drug-likeness (QED) is 0.563. The van der Waals surface area contributed by atoms with E-state index >= 15 is 0 Å². The molecule has 0 unspecified atom stereocenters. The summed E-state index contributed by atoms with van der Waals surface area (Å²) in [6.07, 6.45) is 0. The fourth-order valence-corrected chi connectivity index (χ4v) is 4.63. The fourth-order valence-electron chi connectivity index (χ4n) is 4.63. The van der Waals surface area contributed by atoms with E-state index in [1.54, 1.807) is 6.07 Å². The van der Waals surface area contributed by atoms with Crippen molar-refractivity contribution in [1.29, 1.82) is 0 Å². The summed E-state index contributed by atoms with van der Waals surface area (Å²) in [5, 5.41) is 21.0. The van der Waals surface area contributed by atoms with Crippen LogP contribution in [0.4, 0.5) is 0 Å². The largest absolute Gasteiger partial charge is 0.507 e. The molecular weight excluding hydrogens is 376 g/mol. The summed E-state index contributed by atoms with van der Waals surface area (Å²) >= 11 is 0. The Bertz CT molecular complexity index is 1160. The van der Waals surface area contributed by atoms with E-state index in [1.165, 1.54) is 0 Å². The molecule has 1 heterocycles. The summed E-state index contributed by atoms with van der Waals surface area (Å²) in [5.74, 6) is 0.119. The molecule has 0 radical (unpaired) electrons. The van der Waals surface area contributed by atoms with Gasteiger partial charge >= 0.3 is 5.97 Å². The van der Waals surface area contributed by atoms with Crippen molar-refractivity contribution in [3.8, 4) is 11.5 Å². The van der Waals surface area contributed by atoms with E-state index in [0.29, 0.717) is 5.56 Å². The minimum absolute atomic E-state index is 0.249. The van der Waals surface area contributed by atoms with Gasteiger partial charge in [0, 0.05) is 16.7 Å². The lowest BCUT2D eigenvalue weighted by Gasteiger charge is -2.34. The first kappa shape index (κ1) is 20.0. The molecule has 154 valence electrons. The highest BCUT2D eigenvalue weighted by atomic mass is 16.6. The standard InChI is InChI=1S/C26H26O4/c1-13-11-21(15(3)17(5)23(13)27)26(20-10-8-7-9-19(20)25(29)30-26)22-12-14(2)24(28)18(6)16(22)4/h7-12,27-28H,1-6H3. The molecule has 0 saturated heterocycles. The van der Waals surface area contributed by atoms with Crippen LogP contribution < -0.4 is 0 Å². The molecule has 0 aliphatic carbocycles. The minimum Gasteiger partial charge on any atom is -0.507 e. The Morgan fingerprint density at radius 1 is 0.700 bits per heavy atom. The molecule has 4 heteroatoms. The zero-order valence-electron chi connectivity index (χ0n) is 18.2. The first-order valence-corrected chi connectivity index (χ1v) is 10.0. The van der Waals surface area contributed by atoms with Crippen LogP contribution in [0, 0.1) is 41.5 Å². The van der Waals surface area contributed by atoms with Gasteiger partial charge in [-0.3, -0.25) is 0 Å². The molecule has 0 bridgehead atoms. The maximum Gasteiger partial charge on any atom is 0.340 e. The Morgan fingerprint density at radius 3 is 1.67 bits per heavy atom. The highest BCUT2D eigenvalue weighted by Gasteiger charge is 2.50. The summed E-state index contributed by atoms with van der Waals surface area (Å²) in [5.41, 5.74) is 6.48. The average molecular weight is 402 g/mol. The van der Waals surface area contributed by atoms with E-state index in [0.717, 1.165) is 50.1 Å². The first-order valence-electron chi connectivity index (χ1n) is 10.0. The highest BCUT2D eigenvalue weighted by Crippen LogP contribution is 2.51. The number of benzene rings is 3. The van der Waals surface area contributed by atoms with Crippen molar-refractivity contribution in [1.82, 2.24) is 0 Å². The predicted octanol–water partition coefficient (Wildman–Crippen LogP) is 5.41. The van der Waals surface area contributed by atoms with Gasteiger partial charge in [0.05, 0.1) is 5.56 Å². The number of rotatable bonds is 2. The molecule has 4 rings (SSSR count). The normalized spacial score (nSPS) is 14.5. The van der Waals surface area contributed by atoms with Crippen molar-refractivity contribution in [2.45, 2.75) is 47.1 Å². The third kappa shape index (κ3) is 2.49. The second kappa shape index (κ2) is 6.63. The number of carbonyl (C=O) groups is 1. The lowest BCUT2D eigenvalue weighted by Crippen LogP contribution is -2.32. The molecule has 3 aromatic carbocycles. The van der Waals surface area contributed by atoms with Crippen LogP contribution in [0.5, 0.6) is 11.5 Å². The molecule has 0 saturated carbocycles. The number of hydrogen-bond acceptors (Lipinski definition) is 4. The van der Waals surface area contributed by atoms with Crippen molar-refractivity contribution in [3.05, 3.63) is 92.0 Å². The number of aryl methyl sites for hydroxylation is 2. The van der Waals surface area contributed by atoms with Crippen molar-refractivity contribution >= 4 is 5.97 Å². The van der Waals surface area contributed by atoms with E-state index in [4.69, 9.17) is 4.74 Å². The van der Waals surface area contributed by atoms with Gasteiger partial charge in [0.25, 0.3) is 0 Å². The molecule has 4 nitrogen and oxygen atoms in total. The summed E-state index contributed by atoms with van der Waals surface area (Å²) in [4.78, 5) is 13.0. The Balaban J connectivity index is 2.21. The first-order chi connectivity index (χ1) is 14.1. The number of esters is 1. The predicted molar refractivity (Wildman–Crippen MR) is 116 cm³/mol. The van der Waals surface area contributed by atoms with Gasteiger partial charge in [0.15, 0.2) is 5.60 Å². The highest BCUT2D eigenvalue weighted by molar-refractivity contribution is 5.96. The molecule has 0 spiro atoms. The Kier molecular flexibility index (Phi) is 4.42.